The molecular formula is C37H26N2. The van der Waals surface area contributed by atoms with E-state index in [2.05, 4.69) is 146 Å². The maximum atomic E-state index is 5.07. The van der Waals surface area contributed by atoms with Crippen molar-refractivity contribution in [3.8, 4) is 45.0 Å². The smallest absolute Gasteiger partial charge is 0.160 e. The summed E-state index contributed by atoms with van der Waals surface area (Å²) in [6, 6.07) is 49.2. The van der Waals surface area contributed by atoms with Gasteiger partial charge in [0.15, 0.2) is 5.82 Å². The molecule has 39 heavy (non-hydrogen) atoms. The lowest BCUT2D eigenvalue weighted by molar-refractivity contribution is 1.18. The Morgan fingerprint density at radius 2 is 0.769 bits per heavy atom. The highest BCUT2D eigenvalue weighted by atomic mass is 14.9. The maximum absolute atomic E-state index is 5.07. The van der Waals surface area contributed by atoms with Crippen LogP contribution >= 0.6 is 0 Å². The summed E-state index contributed by atoms with van der Waals surface area (Å²) in [5, 5.41) is 4.84. The molecule has 0 fully saturated rings. The van der Waals surface area contributed by atoms with Gasteiger partial charge in [-0.1, -0.05) is 127 Å². The van der Waals surface area contributed by atoms with Gasteiger partial charge in [-0.3, -0.25) is 0 Å². The minimum absolute atomic E-state index is 0.722. The van der Waals surface area contributed by atoms with Crippen LogP contribution in [-0.2, 0) is 0 Å². The Morgan fingerprint density at radius 3 is 1.28 bits per heavy atom. The summed E-state index contributed by atoms with van der Waals surface area (Å²) in [4.78, 5) is 10.1. The van der Waals surface area contributed by atoms with Gasteiger partial charge in [-0.05, 0) is 57.8 Å². The Balaban J connectivity index is 1.36. The summed E-state index contributed by atoms with van der Waals surface area (Å²) < 4.78 is 0. The van der Waals surface area contributed by atoms with Crippen molar-refractivity contribution < 1.29 is 0 Å². The SMILES string of the molecule is Cc1ccc(-c2ccc(-c3nc(-c4ccc5ccccc5c4)cc(-c4ccc5ccccc5c4)n3)cc2)cc1. The molecule has 0 aliphatic heterocycles. The normalized spacial score (nSPS) is 11.2. The summed E-state index contributed by atoms with van der Waals surface area (Å²) in [7, 11) is 0. The molecule has 184 valence electrons. The van der Waals surface area contributed by atoms with E-state index in [9.17, 15) is 0 Å². The lowest BCUT2D eigenvalue weighted by Gasteiger charge is -2.11. The second-order valence-electron chi connectivity index (χ2n) is 10.0. The molecule has 0 radical (unpaired) electrons. The Labute approximate surface area is 228 Å². The zero-order valence-electron chi connectivity index (χ0n) is 21.7. The number of aryl methyl sites for hydroxylation is 1. The number of benzene rings is 6. The molecule has 0 amide bonds. The van der Waals surface area contributed by atoms with Crippen LogP contribution in [0.1, 0.15) is 5.56 Å². The van der Waals surface area contributed by atoms with Crippen molar-refractivity contribution >= 4 is 21.5 Å². The van der Waals surface area contributed by atoms with E-state index >= 15 is 0 Å². The molecule has 0 aliphatic rings. The average Bonchev–Trinajstić information content (AvgIpc) is 3.01. The highest BCUT2D eigenvalue weighted by molar-refractivity contribution is 5.89. The molecule has 0 saturated carbocycles. The van der Waals surface area contributed by atoms with Gasteiger partial charge in [0.05, 0.1) is 11.4 Å². The van der Waals surface area contributed by atoms with E-state index < -0.39 is 0 Å². The zero-order chi connectivity index (χ0) is 26.2. The van der Waals surface area contributed by atoms with Crippen LogP contribution in [0.15, 0.2) is 140 Å². The van der Waals surface area contributed by atoms with Gasteiger partial charge >= 0.3 is 0 Å². The Morgan fingerprint density at radius 1 is 0.359 bits per heavy atom. The van der Waals surface area contributed by atoms with Gasteiger partial charge in [0, 0.05) is 16.7 Å². The summed E-state index contributed by atoms with van der Waals surface area (Å²) in [6.45, 7) is 2.11. The van der Waals surface area contributed by atoms with Crippen molar-refractivity contribution in [2.45, 2.75) is 6.92 Å². The first-order chi connectivity index (χ1) is 19.2. The molecule has 0 spiro atoms. The van der Waals surface area contributed by atoms with E-state index in [1.54, 1.807) is 0 Å². The molecule has 0 bridgehead atoms. The number of fused-ring (bicyclic) bond motifs is 2. The second kappa shape index (κ2) is 9.66. The van der Waals surface area contributed by atoms with Crippen LogP contribution in [0.3, 0.4) is 0 Å². The predicted octanol–water partition coefficient (Wildman–Crippen LogP) is 9.76. The number of aromatic nitrogens is 2. The minimum Gasteiger partial charge on any atom is -0.228 e. The molecule has 0 atom stereocenters. The first-order valence-corrected chi connectivity index (χ1v) is 13.2. The highest BCUT2D eigenvalue weighted by Crippen LogP contribution is 2.31. The summed E-state index contributed by atoms with van der Waals surface area (Å²) in [6.07, 6.45) is 0. The molecule has 0 unspecified atom stereocenters. The lowest BCUT2D eigenvalue weighted by Crippen LogP contribution is -1.96. The van der Waals surface area contributed by atoms with Crippen molar-refractivity contribution in [2.24, 2.45) is 0 Å². The Kier molecular flexibility index (Phi) is 5.71. The van der Waals surface area contributed by atoms with Gasteiger partial charge < -0.3 is 0 Å². The molecule has 2 nitrogen and oxygen atoms in total. The standard InChI is InChI=1S/C37H26N2/c1-25-10-12-28(13-11-25)29-14-18-30(19-15-29)37-38-35(33-20-16-26-6-2-4-8-31(26)22-33)24-36(39-37)34-21-17-27-7-3-5-9-32(27)23-34/h2-24H,1H3. The van der Waals surface area contributed by atoms with E-state index in [0.29, 0.717) is 0 Å². The third-order valence-corrected chi connectivity index (χ3v) is 7.34. The third kappa shape index (κ3) is 4.58. The van der Waals surface area contributed by atoms with Gasteiger partial charge in [-0.15, -0.1) is 0 Å². The zero-order valence-corrected chi connectivity index (χ0v) is 21.7. The molecule has 7 rings (SSSR count). The monoisotopic (exact) mass is 498 g/mol. The quantitative estimate of drug-likeness (QED) is 0.241. The fourth-order valence-electron chi connectivity index (χ4n) is 5.13. The first kappa shape index (κ1) is 23.1. The number of rotatable bonds is 4. The second-order valence-corrected chi connectivity index (χ2v) is 10.0. The van der Waals surface area contributed by atoms with Gasteiger partial charge in [-0.2, -0.15) is 0 Å². The van der Waals surface area contributed by atoms with E-state index in [1.807, 2.05) is 0 Å². The Bertz CT molecular complexity index is 1850. The first-order valence-electron chi connectivity index (χ1n) is 13.2. The van der Waals surface area contributed by atoms with Crippen LogP contribution in [0.25, 0.3) is 66.6 Å². The van der Waals surface area contributed by atoms with Crippen LogP contribution < -0.4 is 0 Å². The van der Waals surface area contributed by atoms with Crippen LogP contribution in [0, 0.1) is 6.92 Å². The van der Waals surface area contributed by atoms with Gasteiger partial charge in [0.1, 0.15) is 0 Å². The largest absolute Gasteiger partial charge is 0.228 e. The molecule has 0 aliphatic carbocycles. The van der Waals surface area contributed by atoms with Gasteiger partial charge in [0.25, 0.3) is 0 Å². The van der Waals surface area contributed by atoms with Crippen LogP contribution in [-0.4, -0.2) is 9.97 Å². The van der Waals surface area contributed by atoms with Crippen molar-refractivity contribution in [1.29, 1.82) is 0 Å². The highest BCUT2D eigenvalue weighted by Gasteiger charge is 2.12. The number of hydrogen-bond donors (Lipinski definition) is 0. The number of nitrogens with zero attached hydrogens (tertiary/aromatic N) is 2. The fraction of sp³-hybridized carbons (Fsp3) is 0.0270. The molecule has 7 aromatic rings. The molecule has 1 heterocycles. The van der Waals surface area contributed by atoms with E-state index in [0.717, 1.165) is 33.9 Å². The molecular weight excluding hydrogens is 472 g/mol. The maximum Gasteiger partial charge on any atom is 0.160 e. The topological polar surface area (TPSA) is 25.8 Å². The predicted molar refractivity (Wildman–Crippen MR) is 164 cm³/mol. The molecule has 6 aromatic carbocycles. The van der Waals surface area contributed by atoms with Crippen LogP contribution in [0.5, 0.6) is 0 Å². The Hall–Kier alpha value is -5.08. The van der Waals surface area contributed by atoms with E-state index in [1.165, 1.54) is 38.2 Å². The molecule has 0 saturated heterocycles. The summed E-state index contributed by atoms with van der Waals surface area (Å²) >= 11 is 0. The van der Waals surface area contributed by atoms with Gasteiger partial charge in [0.2, 0.25) is 0 Å². The molecule has 0 N–H and O–H groups in total. The molecule has 1 aromatic heterocycles. The van der Waals surface area contributed by atoms with Crippen molar-refractivity contribution in [3.05, 3.63) is 145 Å². The van der Waals surface area contributed by atoms with E-state index in [-0.39, 0.29) is 0 Å². The molecule has 2 heteroatoms. The van der Waals surface area contributed by atoms with Gasteiger partial charge in [-0.25, -0.2) is 9.97 Å². The third-order valence-electron chi connectivity index (χ3n) is 7.34. The fourth-order valence-corrected chi connectivity index (χ4v) is 5.13. The number of hydrogen-bond acceptors (Lipinski definition) is 2. The van der Waals surface area contributed by atoms with Crippen LogP contribution in [0.4, 0.5) is 0 Å². The minimum atomic E-state index is 0.722. The summed E-state index contributed by atoms with van der Waals surface area (Å²) in [5.41, 5.74) is 8.62. The average molecular weight is 499 g/mol. The van der Waals surface area contributed by atoms with Crippen molar-refractivity contribution in [2.75, 3.05) is 0 Å². The summed E-state index contributed by atoms with van der Waals surface area (Å²) in [5.74, 6) is 0.722. The van der Waals surface area contributed by atoms with Crippen LogP contribution in [0.2, 0.25) is 0 Å². The van der Waals surface area contributed by atoms with E-state index in [4.69, 9.17) is 9.97 Å². The lowest BCUT2D eigenvalue weighted by atomic mass is 10.0. The van der Waals surface area contributed by atoms with Crippen molar-refractivity contribution in [1.82, 2.24) is 9.97 Å². The van der Waals surface area contributed by atoms with Crippen molar-refractivity contribution in [3.63, 3.8) is 0 Å².